The maximum Gasteiger partial charge on any atom is 0.407 e. The number of pyridine rings is 1. The number of piperazine rings is 1. The van der Waals surface area contributed by atoms with Crippen LogP contribution in [0.3, 0.4) is 0 Å². The number of halogens is 3. The second kappa shape index (κ2) is 8.08. The summed E-state index contributed by atoms with van der Waals surface area (Å²) in [7, 11) is 0. The van der Waals surface area contributed by atoms with Gasteiger partial charge in [-0.25, -0.2) is 23.5 Å². The fourth-order valence-corrected chi connectivity index (χ4v) is 4.62. The van der Waals surface area contributed by atoms with Crippen LogP contribution in [-0.4, -0.2) is 56.7 Å². The molecule has 1 N–H and O–H groups in total. The molecule has 33 heavy (non-hydrogen) atoms. The Bertz CT molecular complexity index is 1420. The van der Waals surface area contributed by atoms with Gasteiger partial charge in [0.1, 0.15) is 29.2 Å². The van der Waals surface area contributed by atoms with Gasteiger partial charge in [-0.3, -0.25) is 4.98 Å². The van der Waals surface area contributed by atoms with E-state index in [0.717, 1.165) is 0 Å². The fourth-order valence-electron chi connectivity index (χ4n) is 4.35. The summed E-state index contributed by atoms with van der Waals surface area (Å²) in [5.41, 5.74) is 0.441. The van der Waals surface area contributed by atoms with E-state index in [1.807, 2.05) is 11.8 Å². The molecule has 0 spiro atoms. The molecule has 1 aliphatic heterocycles. The van der Waals surface area contributed by atoms with Gasteiger partial charge in [-0.15, -0.1) is 0 Å². The highest BCUT2D eigenvalue weighted by atomic mass is 35.5. The number of carbonyl (C=O) groups is 1. The lowest BCUT2D eigenvalue weighted by Gasteiger charge is -2.39. The van der Waals surface area contributed by atoms with Gasteiger partial charge in [0.05, 0.1) is 10.4 Å². The Balaban J connectivity index is 1.64. The standard InChI is InChI=1S/C23H18ClF2N5O2/c1-12-10-30(23(32)33)7-8-31(12)22-15-9-27-20(19(26)21(15)28-11-29-22)14-4-2-3-13-5-6-16(25)18(24)17(13)14/h2-6,9,11-12H,7-8,10H2,1H3,(H,32,33)/t12-/m1/s1. The van der Waals surface area contributed by atoms with E-state index in [1.165, 1.54) is 23.5 Å². The summed E-state index contributed by atoms with van der Waals surface area (Å²) in [6.45, 7) is 2.89. The van der Waals surface area contributed by atoms with Gasteiger partial charge in [0.25, 0.3) is 0 Å². The molecule has 0 saturated carbocycles. The smallest absolute Gasteiger partial charge is 0.407 e. The summed E-state index contributed by atoms with van der Waals surface area (Å²) in [5.74, 6) is -0.782. The highest BCUT2D eigenvalue weighted by Gasteiger charge is 2.29. The largest absolute Gasteiger partial charge is 0.465 e. The number of fused-ring (bicyclic) bond motifs is 2. The highest BCUT2D eigenvalue weighted by Crippen LogP contribution is 2.37. The summed E-state index contributed by atoms with van der Waals surface area (Å²) in [6.07, 6.45) is 1.79. The molecule has 2 aromatic carbocycles. The Kier molecular flexibility index (Phi) is 5.20. The van der Waals surface area contributed by atoms with Crippen LogP contribution in [0.5, 0.6) is 0 Å². The molecule has 0 aliphatic carbocycles. The minimum Gasteiger partial charge on any atom is -0.465 e. The summed E-state index contributed by atoms with van der Waals surface area (Å²) in [4.78, 5) is 27.4. The number of rotatable bonds is 2. The Morgan fingerprint density at radius 2 is 1.97 bits per heavy atom. The first kappa shape index (κ1) is 21.3. The highest BCUT2D eigenvalue weighted by molar-refractivity contribution is 6.36. The van der Waals surface area contributed by atoms with Crippen LogP contribution < -0.4 is 4.90 Å². The van der Waals surface area contributed by atoms with Gasteiger partial charge < -0.3 is 14.9 Å². The van der Waals surface area contributed by atoms with Crippen LogP contribution >= 0.6 is 11.6 Å². The van der Waals surface area contributed by atoms with Gasteiger partial charge in [0.2, 0.25) is 0 Å². The molecule has 2 aromatic heterocycles. The molecule has 168 valence electrons. The number of amides is 1. The van der Waals surface area contributed by atoms with E-state index in [2.05, 4.69) is 15.0 Å². The molecule has 1 aliphatic rings. The molecule has 3 heterocycles. The Hall–Kier alpha value is -3.59. The first-order chi connectivity index (χ1) is 15.9. The molecule has 0 bridgehead atoms. The van der Waals surface area contributed by atoms with Crippen molar-refractivity contribution in [2.45, 2.75) is 13.0 Å². The van der Waals surface area contributed by atoms with E-state index in [0.29, 0.717) is 47.2 Å². The topological polar surface area (TPSA) is 82.5 Å². The molecule has 1 saturated heterocycles. The second-order valence-corrected chi connectivity index (χ2v) is 8.29. The summed E-state index contributed by atoms with van der Waals surface area (Å²) < 4.78 is 29.9. The molecule has 1 atom stereocenters. The van der Waals surface area contributed by atoms with Crippen molar-refractivity contribution < 1.29 is 18.7 Å². The van der Waals surface area contributed by atoms with Gasteiger partial charge in [0, 0.05) is 42.8 Å². The normalized spacial score (nSPS) is 16.5. The van der Waals surface area contributed by atoms with Crippen LogP contribution in [-0.2, 0) is 0 Å². The van der Waals surface area contributed by atoms with E-state index in [-0.39, 0.29) is 22.3 Å². The fraction of sp³-hybridized carbons (Fsp3) is 0.217. The Morgan fingerprint density at radius 1 is 1.15 bits per heavy atom. The number of hydrogen-bond donors (Lipinski definition) is 1. The van der Waals surface area contributed by atoms with Gasteiger partial charge in [0.15, 0.2) is 5.82 Å². The number of aromatic nitrogens is 3. The zero-order valence-corrected chi connectivity index (χ0v) is 18.2. The molecule has 4 aromatic rings. The molecule has 1 fully saturated rings. The van der Waals surface area contributed by atoms with Crippen LogP contribution in [0.4, 0.5) is 19.4 Å². The molecule has 7 nitrogen and oxygen atoms in total. The average molecular weight is 470 g/mol. The third-order valence-corrected chi connectivity index (χ3v) is 6.33. The predicted octanol–water partition coefficient (Wildman–Crippen LogP) is 4.97. The quantitative estimate of drug-likeness (QED) is 0.446. The molecule has 5 rings (SSSR count). The maximum absolute atomic E-state index is 15.7. The monoisotopic (exact) mass is 469 g/mol. The number of nitrogens with zero attached hydrogens (tertiary/aromatic N) is 5. The number of anilines is 1. The van der Waals surface area contributed by atoms with Crippen LogP contribution in [0.1, 0.15) is 6.92 Å². The van der Waals surface area contributed by atoms with Crippen LogP contribution in [0.2, 0.25) is 5.02 Å². The van der Waals surface area contributed by atoms with Gasteiger partial charge in [-0.2, -0.15) is 0 Å². The van der Waals surface area contributed by atoms with E-state index in [4.69, 9.17) is 11.6 Å². The van der Waals surface area contributed by atoms with Crippen molar-refractivity contribution in [2.24, 2.45) is 0 Å². The van der Waals surface area contributed by atoms with E-state index in [9.17, 15) is 14.3 Å². The number of carboxylic acid groups (broad SMARTS) is 1. The van der Waals surface area contributed by atoms with Gasteiger partial charge >= 0.3 is 6.09 Å². The number of benzene rings is 2. The molecule has 1 amide bonds. The Labute approximate surface area is 192 Å². The van der Waals surface area contributed by atoms with Crippen LogP contribution in [0, 0.1) is 11.6 Å². The van der Waals surface area contributed by atoms with Crippen molar-refractivity contribution in [1.29, 1.82) is 0 Å². The predicted molar refractivity (Wildman–Crippen MR) is 122 cm³/mol. The average Bonchev–Trinajstić information content (AvgIpc) is 2.81. The van der Waals surface area contributed by atoms with Crippen LogP contribution in [0.15, 0.2) is 42.9 Å². The van der Waals surface area contributed by atoms with E-state index in [1.54, 1.807) is 24.3 Å². The molecule has 0 unspecified atom stereocenters. The van der Waals surface area contributed by atoms with Crippen molar-refractivity contribution in [3.8, 4) is 11.3 Å². The van der Waals surface area contributed by atoms with E-state index < -0.39 is 17.7 Å². The second-order valence-electron chi connectivity index (χ2n) is 7.92. The summed E-state index contributed by atoms with van der Waals surface area (Å²) >= 11 is 6.23. The molecular formula is C23H18ClF2N5O2. The SMILES string of the molecule is C[C@@H]1CN(C(=O)O)CCN1c1ncnc2c(F)c(-c3cccc4ccc(F)c(Cl)c34)ncc12. The van der Waals surface area contributed by atoms with Crippen molar-refractivity contribution in [1.82, 2.24) is 19.9 Å². The zero-order valence-electron chi connectivity index (χ0n) is 17.5. The minimum absolute atomic E-state index is 0.00833. The Morgan fingerprint density at radius 3 is 2.73 bits per heavy atom. The van der Waals surface area contributed by atoms with E-state index >= 15 is 4.39 Å². The van der Waals surface area contributed by atoms with Gasteiger partial charge in [-0.1, -0.05) is 35.9 Å². The summed E-state index contributed by atoms with van der Waals surface area (Å²) in [5, 5.41) is 10.6. The number of hydrogen-bond acceptors (Lipinski definition) is 5. The first-order valence-electron chi connectivity index (χ1n) is 10.3. The van der Waals surface area contributed by atoms with Crippen molar-refractivity contribution in [2.75, 3.05) is 24.5 Å². The lowest BCUT2D eigenvalue weighted by atomic mass is 10.0. The molecular weight excluding hydrogens is 452 g/mol. The van der Waals surface area contributed by atoms with Crippen LogP contribution in [0.25, 0.3) is 32.9 Å². The maximum atomic E-state index is 15.7. The van der Waals surface area contributed by atoms with Crippen molar-refractivity contribution in [3.05, 3.63) is 59.5 Å². The summed E-state index contributed by atoms with van der Waals surface area (Å²) in [6, 6.07) is 7.81. The van der Waals surface area contributed by atoms with Gasteiger partial charge in [-0.05, 0) is 18.4 Å². The zero-order chi connectivity index (χ0) is 23.3. The first-order valence-corrected chi connectivity index (χ1v) is 10.7. The molecule has 10 heteroatoms. The lowest BCUT2D eigenvalue weighted by Crippen LogP contribution is -2.53. The minimum atomic E-state index is -0.975. The third-order valence-electron chi connectivity index (χ3n) is 5.96. The van der Waals surface area contributed by atoms with Crippen molar-refractivity contribution >= 4 is 45.2 Å². The third kappa shape index (κ3) is 3.48. The van der Waals surface area contributed by atoms with Crippen molar-refractivity contribution in [3.63, 3.8) is 0 Å². The lowest BCUT2D eigenvalue weighted by molar-refractivity contribution is 0.136. The molecule has 0 radical (unpaired) electrons.